The fourth-order valence-electron chi connectivity index (χ4n) is 1.89. The Kier molecular flexibility index (Phi) is 4.81. The summed E-state index contributed by atoms with van der Waals surface area (Å²) in [6, 6.07) is 9.84. The minimum Gasteiger partial charge on any atom is -0.276 e. The maximum atomic E-state index is 11.6. The average Bonchev–Trinajstić information content (AvgIpc) is 2.41. The molecule has 0 saturated carbocycles. The SMILES string of the molecule is O=C(Cl)c1ccccc1-c1c(C(=O)Cl)ccc(S)c1S. The summed E-state index contributed by atoms with van der Waals surface area (Å²) < 4.78 is 0. The van der Waals surface area contributed by atoms with Gasteiger partial charge in [-0.05, 0) is 47.0 Å². The molecule has 20 heavy (non-hydrogen) atoms. The fourth-order valence-corrected chi connectivity index (χ4v) is 2.71. The van der Waals surface area contributed by atoms with Crippen LogP contribution in [0.15, 0.2) is 46.2 Å². The number of carbonyl (C=O) groups excluding carboxylic acids is 2. The van der Waals surface area contributed by atoms with Crippen LogP contribution in [0.2, 0.25) is 0 Å². The molecule has 0 bridgehead atoms. The zero-order valence-electron chi connectivity index (χ0n) is 9.93. The Morgan fingerprint density at radius 3 is 2.05 bits per heavy atom. The molecule has 102 valence electrons. The first kappa shape index (κ1) is 15.4. The van der Waals surface area contributed by atoms with Crippen molar-refractivity contribution in [3.8, 4) is 11.1 Å². The van der Waals surface area contributed by atoms with E-state index in [1.165, 1.54) is 0 Å². The van der Waals surface area contributed by atoms with Gasteiger partial charge >= 0.3 is 0 Å². The molecule has 0 atom stereocenters. The van der Waals surface area contributed by atoms with Crippen molar-refractivity contribution < 1.29 is 9.59 Å². The lowest BCUT2D eigenvalue weighted by atomic mass is 9.96. The van der Waals surface area contributed by atoms with E-state index in [9.17, 15) is 9.59 Å². The fraction of sp³-hybridized carbons (Fsp3) is 0. The van der Waals surface area contributed by atoms with Crippen LogP contribution in [0.5, 0.6) is 0 Å². The molecule has 0 aliphatic rings. The monoisotopic (exact) mass is 342 g/mol. The number of thiol groups is 2. The van der Waals surface area contributed by atoms with Crippen molar-refractivity contribution in [2.24, 2.45) is 0 Å². The molecule has 0 unspecified atom stereocenters. The third-order valence-corrected chi connectivity index (χ3v) is 4.20. The Labute approximate surface area is 136 Å². The summed E-state index contributed by atoms with van der Waals surface area (Å²) in [4.78, 5) is 24.1. The summed E-state index contributed by atoms with van der Waals surface area (Å²) in [6.45, 7) is 0. The van der Waals surface area contributed by atoms with Gasteiger partial charge in [-0.3, -0.25) is 9.59 Å². The molecular weight excluding hydrogens is 335 g/mol. The summed E-state index contributed by atoms with van der Waals surface area (Å²) in [7, 11) is 0. The first-order valence-corrected chi connectivity index (χ1v) is 7.12. The third-order valence-electron chi connectivity index (χ3n) is 2.78. The van der Waals surface area contributed by atoms with Gasteiger partial charge in [-0.1, -0.05) is 18.2 Å². The van der Waals surface area contributed by atoms with Crippen molar-refractivity contribution in [1.82, 2.24) is 0 Å². The molecule has 0 saturated heterocycles. The van der Waals surface area contributed by atoms with Crippen LogP contribution >= 0.6 is 48.5 Å². The highest BCUT2D eigenvalue weighted by atomic mass is 35.5. The Hall–Kier alpha value is -0.940. The highest BCUT2D eigenvalue weighted by molar-refractivity contribution is 7.83. The molecule has 0 aliphatic carbocycles. The molecular formula is C14H8Cl2O2S2. The molecule has 2 aromatic carbocycles. The van der Waals surface area contributed by atoms with Crippen LogP contribution in [0.4, 0.5) is 0 Å². The molecule has 0 N–H and O–H groups in total. The molecule has 0 amide bonds. The van der Waals surface area contributed by atoms with E-state index >= 15 is 0 Å². The number of hydrogen-bond donors (Lipinski definition) is 2. The van der Waals surface area contributed by atoms with Gasteiger partial charge in [0.05, 0.1) is 0 Å². The number of carbonyl (C=O) groups is 2. The van der Waals surface area contributed by atoms with Gasteiger partial charge in [0.2, 0.25) is 0 Å². The lowest BCUT2D eigenvalue weighted by Crippen LogP contribution is -2.00. The largest absolute Gasteiger partial charge is 0.276 e. The highest BCUT2D eigenvalue weighted by Crippen LogP contribution is 2.37. The number of hydrogen-bond acceptors (Lipinski definition) is 4. The van der Waals surface area contributed by atoms with Crippen molar-refractivity contribution in [2.75, 3.05) is 0 Å². The summed E-state index contributed by atoms with van der Waals surface area (Å²) in [5.74, 6) is 0. The quantitative estimate of drug-likeness (QED) is 0.626. The Bertz CT molecular complexity index is 714. The predicted octanol–water partition coefficient (Wildman–Crippen LogP) is 4.69. The zero-order valence-corrected chi connectivity index (χ0v) is 13.2. The van der Waals surface area contributed by atoms with E-state index in [1.54, 1.807) is 36.4 Å². The summed E-state index contributed by atoms with van der Waals surface area (Å²) >= 11 is 19.8. The molecule has 0 fully saturated rings. The van der Waals surface area contributed by atoms with E-state index in [-0.39, 0.29) is 11.1 Å². The predicted molar refractivity (Wildman–Crippen MR) is 86.7 cm³/mol. The van der Waals surface area contributed by atoms with Crippen LogP contribution in [0.3, 0.4) is 0 Å². The van der Waals surface area contributed by atoms with Crippen molar-refractivity contribution in [1.29, 1.82) is 0 Å². The van der Waals surface area contributed by atoms with Gasteiger partial charge in [-0.25, -0.2) is 0 Å². The second-order valence-electron chi connectivity index (χ2n) is 3.95. The average molecular weight is 343 g/mol. The number of rotatable bonds is 3. The van der Waals surface area contributed by atoms with Gasteiger partial charge in [-0.2, -0.15) is 0 Å². The van der Waals surface area contributed by atoms with Gasteiger partial charge in [0.1, 0.15) is 0 Å². The van der Waals surface area contributed by atoms with Gasteiger partial charge in [0.25, 0.3) is 10.5 Å². The smallest absolute Gasteiger partial charge is 0.253 e. The van der Waals surface area contributed by atoms with E-state index in [4.69, 9.17) is 23.2 Å². The Morgan fingerprint density at radius 1 is 0.850 bits per heavy atom. The van der Waals surface area contributed by atoms with Gasteiger partial charge in [0.15, 0.2) is 0 Å². The number of benzene rings is 2. The molecule has 0 radical (unpaired) electrons. The topological polar surface area (TPSA) is 34.1 Å². The summed E-state index contributed by atoms with van der Waals surface area (Å²) in [5, 5.41) is -1.26. The highest BCUT2D eigenvalue weighted by Gasteiger charge is 2.19. The van der Waals surface area contributed by atoms with Crippen molar-refractivity contribution >= 4 is 58.9 Å². The molecule has 6 heteroatoms. The van der Waals surface area contributed by atoms with E-state index in [2.05, 4.69) is 25.3 Å². The minimum absolute atomic E-state index is 0.250. The normalized spacial score (nSPS) is 10.4. The maximum absolute atomic E-state index is 11.6. The van der Waals surface area contributed by atoms with Crippen LogP contribution in [0.25, 0.3) is 11.1 Å². The first-order chi connectivity index (χ1) is 9.43. The van der Waals surface area contributed by atoms with Crippen LogP contribution in [-0.4, -0.2) is 10.5 Å². The second-order valence-corrected chi connectivity index (χ2v) is 5.56. The third kappa shape index (κ3) is 2.88. The zero-order chi connectivity index (χ0) is 14.9. The second kappa shape index (κ2) is 6.22. The maximum Gasteiger partial charge on any atom is 0.253 e. The van der Waals surface area contributed by atoms with Crippen LogP contribution in [0, 0.1) is 0 Å². The van der Waals surface area contributed by atoms with E-state index in [0.29, 0.717) is 20.9 Å². The Balaban J connectivity index is 2.85. The van der Waals surface area contributed by atoms with E-state index in [0.717, 1.165) is 0 Å². The van der Waals surface area contributed by atoms with E-state index in [1.807, 2.05) is 0 Å². The minimum atomic E-state index is -0.638. The molecule has 0 aromatic heterocycles. The molecule has 2 nitrogen and oxygen atoms in total. The molecule has 2 aromatic rings. The van der Waals surface area contributed by atoms with Crippen LogP contribution in [0.1, 0.15) is 20.7 Å². The van der Waals surface area contributed by atoms with Crippen molar-refractivity contribution in [3.05, 3.63) is 47.5 Å². The Morgan fingerprint density at radius 2 is 1.45 bits per heavy atom. The van der Waals surface area contributed by atoms with Crippen molar-refractivity contribution in [3.63, 3.8) is 0 Å². The lowest BCUT2D eigenvalue weighted by molar-refractivity contribution is 0.107. The van der Waals surface area contributed by atoms with Crippen molar-refractivity contribution in [2.45, 2.75) is 9.79 Å². The summed E-state index contributed by atoms with van der Waals surface area (Å²) in [5.41, 5.74) is 1.48. The lowest BCUT2D eigenvalue weighted by Gasteiger charge is -2.13. The van der Waals surface area contributed by atoms with Gasteiger partial charge in [0, 0.05) is 26.5 Å². The number of halogens is 2. The first-order valence-electron chi connectivity index (χ1n) is 5.47. The standard InChI is InChI=1S/C14H8Cl2O2S2/c15-13(17)8-4-2-1-3-7(8)11-9(14(16)18)5-6-10(19)12(11)20/h1-6,19-20H. The molecule has 2 rings (SSSR count). The van der Waals surface area contributed by atoms with Crippen LogP contribution in [-0.2, 0) is 0 Å². The summed E-state index contributed by atoms with van der Waals surface area (Å²) in [6.07, 6.45) is 0. The molecule has 0 heterocycles. The van der Waals surface area contributed by atoms with Gasteiger partial charge < -0.3 is 0 Å². The molecule has 0 aliphatic heterocycles. The van der Waals surface area contributed by atoms with Gasteiger partial charge in [-0.15, -0.1) is 25.3 Å². The van der Waals surface area contributed by atoms with Crippen LogP contribution < -0.4 is 0 Å². The van der Waals surface area contributed by atoms with E-state index < -0.39 is 10.5 Å². The molecule has 0 spiro atoms.